The first-order chi connectivity index (χ1) is 9.92. The lowest BCUT2D eigenvalue weighted by atomic mass is 10.1. The number of amides is 1. The van der Waals surface area contributed by atoms with Gasteiger partial charge in [0, 0.05) is 7.05 Å². The molecular formula is C14H12Cl2N4O. The number of aromatic nitrogens is 2. The van der Waals surface area contributed by atoms with Crippen LogP contribution in [-0.2, 0) is 7.05 Å². The summed E-state index contributed by atoms with van der Waals surface area (Å²) in [6.45, 7) is 1.79. The number of benzene rings is 1. The maximum atomic E-state index is 12.2. The second-order valence-corrected chi connectivity index (χ2v) is 5.32. The molecule has 2 rings (SSSR count). The number of aryl methyl sites for hydroxylation is 2. The first-order valence-corrected chi connectivity index (χ1v) is 6.84. The Bertz CT molecular complexity index is 733. The molecule has 0 fully saturated rings. The smallest absolute Gasteiger partial charge is 0.270 e. The minimum atomic E-state index is -0.817. The largest absolute Gasteiger partial charge is 0.331 e. The number of carbonyl (C=O) groups excluding carboxylic acids is 1. The summed E-state index contributed by atoms with van der Waals surface area (Å²) in [5.74, 6) is -0.379. The van der Waals surface area contributed by atoms with E-state index in [0.29, 0.717) is 21.3 Å². The minimum absolute atomic E-state index is 0.333. The van der Waals surface area contributed by atoms with E-state index in [1.165, 1.54) is 4.68 Å². The summed E-state index contributed by atoms with van der Waals surface area (Å²) in [5.41, 5.74) is 1.68. The van der Waals surface area contributed by atoms with Crippen LogP contribution >= 0.6 is 23.2 Å². The topological polar surface area (TPSA) is 70.7 Å². The van der Waals surface area contributed by atoms with Crippen LogP contribution in [0.3, 0.4) is 0 Å². The first kappa shape index (κ1) is 15.4. The molecule has 0 bridgehead atoms. The zero-order chi connectivity index (χ0) is 15.6. The molecule has 0 spiro atoms. The molecule has 7 heteroatoms. The molecular weight excluding hydrogens is 311 g/mol. The van der Waals surface area contributed by atoms with Gasteiger partial charge in [0.25, 0.3) is 5.91 Å². The van der Waals surface area contributed by atoms with E-state index in [1.807, 2.05) is 6.07 Å². The lowest BCUT2D eigenvalue weighted by Crippen LogP contribution is -2.29. The third-order valence-corrected chi connectivity index (χ3v) is 3.66. The monoisotopic (exact) mass is 322 g/mol. The molecule has 21 heavy (non-hydrogen) atoms. The Morgan fingerprint density at radius 3 is 2.62 bits per heavy atom. The van der Waals surface area contributed by atoms with Gasteiger partial charge in [-0.3, -0.25) is 9.48 Å². The number of rotatable bonds is 3. The third kappa shape index (κ3) is 3.35. The molecule has 1 heterocycles. The van der Waals surface area contributed by atoms with Crippen molar-refractivity contribution in [2.75, 3.05) is 0 Å². The van der Waals surface area contributed by atoms with Crippen molar-refractivity contribution in [1.82, 2.24) is 15.1 Å². The maximum absolute atomic E-state index is 12.2. The number of carbonyl (C=O) groups is 1. The highest BCUT2D eigenvalue weighted by Crippen LogP contribution is 2.25. The van der Waals surface area contributed by atoms with Gasteiger partial charge in [0.1, 0.15) is 11.7 Å². The summed E-state index contributed by atoms with van der Waals surface area (Å²) >= 11 is 11.8. The van der Waals surface area contributed by atoms with Crippen LogP contribution in [0.1, 0.15) is 27.8 Å². The summed E-state index contributed by atoms with van der Waals surface area (Å²) in [5, 5.41) is 16.7. The minimum Gasteiger partial charge on any atom is -0.331 e. The fraction of sp³-hybridized carbons (Fsp3) is 0.214. The molecule has 1 atom stereocenters. The lowest BCUT2D eigenvalue weighted by molar-refractivity contribution is 0.0935. The van der Waals surface area contributed by atoms with Crippen molar-refractivity contribution in [2.24, 2.45) is 7.05 Å². The van der Waals surface area contributed by atoms with Crippen LogP contribution < -0.4 is 5.32 Å². The Labute approximate surface area is 132 Å². The molecule has 1 aromatic carbocycles. The first-order valence-electron chi connectivity index (χ1n) is 6.08. The van der Waals surface area contributed by atoms with Gasteiger partial charge in [-0.1, -0.05) is 29.3 Å². The SMILES string of the molecule is Cc1cc(C(=O)NC(C#N)c2ccc(Cl)c(Cl)c2)n(C)n1. The van der Waals surface area contributed by atoms with E-state index in [4.69, 9.17) is 23.2 Å². The Hall–Kier alpha value is -2.03. The molecule has 108 valence electrons. The van der Waals surface area contributed by atoms with Crippen molar-refractivity contribution in [2.45, 2.75) is 13.0 Å². The van der Waals surface area contributed by atoms with Gasteiger partial charge in [-0.2, -0.15) is 10.4 Å². The van der Waals surface area contributed by atoms with Crippen molar-refractivity contribution >= 4 is 29.1 Å². The average molecular weight is 323 g/mol. The quantitative estimate of drug-likeness (QED) is 0.944. The standard InChI is InChI=1S/C14H12Cl2N4O/c1-8-5-13(20(2)19-8)14(21)18-12(7-17)9-3-4-10(15)11(16)6-9/h3-6,12H,1-2H3,(H,18,21). The number of hydrogen-bond acceptors (Lipinski definition) is 3. The summed E-state index contributed by atoms with van der Waals surface area (Å²) in [4.78, 5) is 12.2. The zero-order valence-corrected chi connectivity index (χ0v) is 12.9. The molecule has 5 nitrogen and oxygen atoms in total. The number of halogens is 2. The summed E-state index contributed by atoms with van der Waals surface area (Å²) in [7, 11) is 1.67. The van der Waals surface area contributed by atoms with E-state index in [-0.39, 0.29) is 5.91 Å². The average Bonchev–Trinajstić information content (AvgIpc) is 2.78. The molecule has 2 aromatic rings. The van der Waals surface area contributed by atoms with Gasteiger partial charge in [-0.05, 0) is 30.7 Å². The molecule has 0 radical (unpaired) electrons. The Morgan fingerprint density at radius 2 is 2.10 bits per heavy atom. The van der Waals surface area contributed by atoms with Crippen LogP contribution in [0.5, 0.6) is 0 Å². The van der Waals surface area contributed by atoms with Gasteiger partial charge in [0.15, 0.2) is 0 Å². The highest BCUT2D eigenvalue weighted by molar-refractivity contribution is 6.42. The van der Waals surface area contributed by atoms with Crippen LogP contribution in [-0.4, -0.2) is 15.7 Å². The maximum Gasteiger partial charge on any atom is 0.270 e. The lowest BCUT2D eigenvalue weighted by Gasteiger charge is -2.12. The molecule has 1 N–H and O–H groups in total. The summed E-state index contributed by atoms with van der Waals surface area (Å²) in [6.07, 6.45) is 0. The predicted octanol–water partition coefficient (Wildman–Crippen LogP) is 3.03. The number of nitrogens with one attached hydrogen (secondary N) is 1. The van der Waals surface area contributed by atoms with Crippen LogP contribution in [0.25, 0.3) is 0 Å². The third-order valence-electron chi connectivity index (χ3n) is 2.92. The van der Waals surface area contributed by atoms with Gasteiger partial charge >= 0.3 is 0 Å². The van der Waals surface area contributed by atoms with Crippen molar-refractivity contribution in [1.29, 1.82) is 5.26 Å². The highest BCUT2D eigenvalue weighted by Gasteiger charge is 2.18. The fourth-order valence-electron chi connectivity index (χ4n) is 1.91. The van der Waals surface area contributed by atoms with E-state index >= 15 is 0 Å². The van der Waals surface area contributed by atoms with Gasteiger partial charge in [-0.25, -0.2) is 0 Å². The van der Waals surface area contributed by atoms with E-state index in [0.717, 1.165) is 5.69 Å². The van der Waals surface area contributed by atoms with Gasteiger partial charge in [-0.15, -0.1) is 0 Å². The number of nitriles is 1. The van der Waals surface area contributed by atoms with Crippen molar-refractivity contribution < 1.29 is 4.79 Å². The Morgan fingerprint density at radius 1 is 1.38 bits per heavy atom. The van der Waals surface area contributed by atoms with Crippen molar-refractivity contribution in [3.63, 3.8) is 0 Å². The van der Waals surface area contributed by atoms with Gasteiger partial charge in [0.05, 0.1) is 21.8 Å². The molecule has 0 aliphatic carbocycles. The molecule has 1 amide bonds. The van der Waals surface area contributed by atoms with Gasteiger partial charge < -0.3 is 5.32 Å². The summed E-state index contributed by atoms with van der Waals surface area (Å²) < 4.78 is 1.47. The van der Waals surface area contributed by atoms with Crippen LogP contribution in [0.4, 0.5) is 0 Å². The second kappa shape index (κ2) is 6.17. The Balaban J connectivity index is 2.23. The van der Waals surface area contributed by atoms with Crippen LogP contribution in [0, 0.1) is 18.3 Å². The van der Waals surface area contributed by atoms with Crippen LogP contribution in [0.15, 0.2) is 24.3 Å². The van der Waals surface area contributed by atoms with E-state index in [9.17, 15) is 10.1 Å². The molecule has 0 aliphatic heterocycles. The van der Waals surface area contributed by atoms with Gasteiger partial charge in [0.2, 0.25) is 0 Å². The fourth-order valence-corrected chi connectivity index (χ4v) is 2.22. The summed E-state index contributed by atoms with van der Waals surface area (Å²) in [6, 6.07) is 7.66. The number of hydrogen-bond donors (Lipinski definition) is 1. The molecule has 0 saturated heterocycles. The molecule has 0 aliphatic rings. The molecule has 1 unspecified atom stereocenters. The highest BCUT2D eigenvalue weighted by atomic mass is 35.5. The van der Waals surface area contributed by atoms with Crippen molar-refractivity contribution in [3.8, 4) is 6.07 Å². The number of nitrogens with zero attached hydrogens (tertiary/aromatic N) is 3. The normalized spacial score (nSPS) is 11.8. The molecule has 1 aromatic heterocycles. The molecule has 0 saturated carbocycles. The van der Waals surface area contributed by atoms with E-state index in [2.05, 4.69) is 10.4 Å². The van der Waals surface area contributed by atoms with Crippen LogP contribution in [0.2, 0.25) is 10.0 Å². The predicted molar refractivity (Wildman–Crippen MR) is 80.2 cm³/mol. The van der Waals surface area contributed by atoms with E-state index < -0.39 is 6.04 Å². The Kier molecular flexibility index (Phi) is 4.51. The van der Waals surface area contributed by atoms with E-state index in [1.54, 1.807) is 38.2 Å². The second-order valence-electron chi connectivity index (χ2n) is 4.50. The zero-order valence-electron chi connectivity index (χ0n) is 11.4. The van der Waals surface area contributed by atoms with Crippen molar-refractivity contribution in [3.05, 3.63) is 51.3 Å².